The largest absolute Gasteiger partial charge is 0.366 e. The van der Waals surface area contributed by atoms with E-state index in [1.54, 1.807) is 12.1 Å². The topological polar surface area (TPSA) is 27.0 Å². The summed E-state index contributed by atoms with van der Waals surface area (Å²) in [6.45, 7) is 0.927. The highest BCUT2D eigenvalue weighted by Crippen LogP contribution is 2.41. The highest BCUT2D eigenvalue weighted by atomic mass is 79.9. The highest BCUT2D eigenvalue weighted by Gasteiger charge is 2.36. The van der Waals surface area contributed by atoms with Crippen LogP contribution in [0.4, 0.5) is 10.1 Å². The molecule has 2 atom stereocenters. The van der Waals surface area contributed by atoms with Gasteiger partial charge in [0.15, 0.2) is 5.82 Å². The number of rotatable bonds is 1. The summed E-state index contributed by atoms with van der Waals surface area (Å²) in [5.41, 5.74) is 1.02. The van der Waals surface area contributed by atoms with Crippen LogP contribution in [0.2, 0.25) is 0 Å². The van der Waals surface area contributed by atoms with Crippen LogP contribution >= 0.6 is 15.9 Å². The lowest BCUT2D eigenvalue weighted by atomic mass is 9.91. The maximum Gasteiger partial charge on any atom is 0.161 e. The third kappa shape index (κ3) is 2.14. The number of benzene rings is 1. The van der Waals surface area contributed by atoms with Gasteiger partial charge in [-0.3, -0.25) is 0 Å². The number of anilines is 1. The molecule has 1 saturated heterocycles. The molecule has 0 spiro atoms. The lowest BCUT2D eigenvalue weighted by Crippen LogP contribution is -2.43. The highest BCUT2D eigenvalue weighted by molar-refractivity contribution is 9.10. The summed E-state index contributed by atoms with van der Waals surface area (Å²) >= 11 is 3.21. The monoisotopic (exact) mass is 322 g/mol. The zero-order valence-corrected chi connectivity index (χ0v) is 12.3. The first-order valence-corrected chi connectivity index (χ1v) is 7.66. The van der Waals surface area contributed by atoms with E-state index in [0.717, 1.165) is 18.9 Å². The number of nitrogens with zero attached hydrogens (tertiary/aromatic N) is 2. The van der Waals surface area contributed by atoms with Crippen LogP contribution in [0.1, 0.15) is 37.7 Å². The Hall–Kier alpha value is -1.08. The van der Waals surface area contributed by atoms with Crippen molar-refractivity contribution in [2.24, 2.45) is 5.92 Å². The van der Waals surface area contributed by atoms with E-state index in [4.69, 9.17) is 5.26 Å². The Bertz CT molecular complexity index is 538. The van der Waals surface area contributed by atoms with Crippen LogP contribution in [0.25, 0.3) is 0 Å². The molecule has 19 heavy (non-hydrogen) atoms. The average molecular weight is 323 g/mol. The lowest BCUT2D eigenvalue weighted by molar-refractivity contribution is 0.359. The molecule has 2 nitrogen and oxygen atoms in total. The number of piperidine rings is 1. The number of hydrogen-bond acceptors (Lipinski definition) is 2. The van der Waals surface area contributed by atoms with Crippen molar-refractivity contribution in [2.75, 3.05) is 11.4 Å². The van der Waals surface area contributed by atoms with E-state index in [2.05, 4.69) is 20.8 Å². The van der Waals surface area contributed by atoms with Gasteiger partial charge in [0.05, 0.1) is 15.7 Å². The van der Waals surface area contributed by atoms with Crippen molar-refractivity contribution in [3.05, 3.63) is 28.0 Å². The van der Waals surface area contributed by atoms with Gasteiger partial charge in [-0.1, -0.05) is 6.42 Å². The molecule has 0 amide bonds. The molecule has 100 valence electrons. The van der Waals surface area contributed by atoms with Crippen LogP contribution in [0, 0.1) is 23.1 Å². The standard InChI is InChI=1S/C15H16BrFN2/c16-14-11(9-18)6-7-13(15(14)17)19-8-2-4-10-3-1-5-12(10)19/h6-7,10,12H,1-5,8H2. The van der Waals surface area contributed by atoms with Gasteiger partial charge >= 0.3 is 0 Å². The van der Waals surface area contributed by atoms with Crippen molar-refractivity contribution in [3.63, 3.8) is 0 Å². The number of fused-ring (bicyclic) bond motifs is 1. The third-order valence-electron chi connectivity index (χ3n) is 4.49. The molecule has 1 aliphatic carbocycles. The zero-order chi connectivity index (χ0) is 13.4. The molecule has 2 fully saturated rings. The molecular formula is C15H16BrFN2. The molecule has 2 unspecified atom stereocenters. The van der Waals surface area contributed by atoms with Crippen molar-refractivity contribution in [1.82, 2.24) is 0 Å². The minimum absolute atomic E-state index is 0.286. The summed E-state index contributed by atoms with van der Waals surface area (Å²) in [5, 5.41) is 8.93. The van der Waals surface area contributed by atoms with Crippen molar-refractivity contribution < 1.29 is 4.39 Å². The van der Waals surface area contributed by atoms with Gasteiger partial charge in [0, 0.05) is 12.6 Å². The van der Waals surface area contributed by atoms with Crippen LogP contribution in [-0.4, -0.2) is 12.6 Å². The average Bonchev–Trinajstić information content (AvgIpc) is 2.90. The molecule has 1 saturated carbocycles. The summed E-state index contributed by atoms with van der Waals surface area (Å²) in [6, 6.07) is 5.97. The molecule has 0 N–H and O–H groups in total. The summed E-state index contributed by atoms with van der Waals surface area (Å²) in [7, 11) is 0. The third-order valence-corrected chi connectivity index (χ3v) is 5.26. The second-order valence-electron chi connectivity index (χ2n) is 5.47. The second-order valence-corrected chi connectivity index (χ2v) is 6.26. The summed E-state index contributed by atoms with van der Waals surface area (Å²) < 4.78 is 14.7. The van der Waals surface area contributed by atoms with Crippen LogP contribution < -0.4 is 4.90 Å². The van der Waals surface area contributed by atoms with Crippen LogP contribution in [0.5, 0.6) is 0 Å². The Morgan fingerprint density at radius 3 is 2.84 bits per heavy atom. The maximum absolute atomic E-state index is 14.5. The molecular weight excluding hydrogens is 307 g/mol. The first-order chi connectivity index (χ1) is 9.22. The molecule has 0 aromatic heterocycles. The van der Waals surface area contributed by atoms with E-state index in [9.17, 15) is 4.39 Å². The molecule has 3 rings (SSSR count). The quantitative estimate of drug-likeness (QED) is 0.773. The van der Waals surface area contributed by atoms with Crippen LogP contribution in [-0.2, 0) is 0 Å². The van der Waals surface area contributed by atoms with Gasteiger partial charge < -0.3 is 4.90 Å². The van der Waals surface area contributed by atoms with Gasteiger partial charge in [-0.15, -0.1) is 0 Å². The Kier molecular flexibility index (Phi) is 3.49. The molecule has 2 aliphatic rings. The Labute approximate surface area is 121 Å². The fourth-order valence-electron chi connectivity index (χ4n) is 3.60. The number of hydrogen-bond donors (Lipinski definition) is 0. The Morgan fingerprint density at radius 2 is 2.05 bits per heavy atom. The second kappa shape index (κ2) is 5.13. The number of halogens is 2. The van der Waals surface area contributed by atoms with Gasteiger partial charge in [-0.25, -0.2) is 4.39 Å². The molecule has 4 heteroatoms. The fraction of sp³-hybridized carbons (Fsp3) is 0.533. The van der Waals surface area contributed by atoms with E-state index in [-0.39, 0.29) is 5.82 Å². The van der Waals surface area contributed by atoms with Gasteiger partial charge in [0.1, 0.15) is 6.07 Å². The van der Waals surface area contributed by atoms with Crippen molar-refractivity contribution in [2.45, 2.75) is 38.1 Å². The van der Waals surface area contributed by atoms with Gasteiger partial charge in [-0.2, -0.15) is 5.26 Å². The predicted octanol–water partition coefficient (Wildman–Crippen LogP) is 4.23. The summed E-state index contributed by atoms with van der Waals surface area (Å²) in [4.78, 5) is 2.22. The normalized spacial score (nSPS) is 26.1. The summed E-state index contributed by atoms with van der Waals surface area (Å²) in [6.07, 6.45) is 6.12. The predicted molar refractivity (Wildman–Crippen MR) is 76.5 cm³/mol. The van der Waals surface area contributed by atoms with Gasteiger partial charge in [0.2, 0.25) is 0 Å². The summed E-state index contributed by atoms with van der Waals surface area (Å²) in [5.74, 6) is 0.439. The molecule has 1 aromatic carbocycles. The first kappa shape index (κ1) is 12.9. The molecule has 0 radical (unpaired) electrons. The molecule has 1 aromatic rings. The van der Waals surface area contributed by atoms with Crippen LogP contribution in [0.3, 0.4) is 0 Å². The Balaban J connectivity index is 1.98. The lowest BCUT2D eigenvalue weighted by Gasteiger charge is -2.39. The minimum atomic E-state index is -0.286. The van der Waals surface area contributed by atoms with Crippen LogP contribution in [0.15, 0.2) is 16.6 Å². The van der Waals surface area contributed by atoms with Crippen molar-refractivity contribution in [1.29, 1.82) is 5.26 Å². The van der Waals surface area contributed by atoms with Gasteiger partial charge in [-0.05, 0) is 59.7 Å². The number of nitriles is 1. The Morgan fingerprint density at radius 1 is 1.26 bits per heavy atom. The zero-order valence-electron chi connectivity index (χ0n) is 10.7. The van der Waals surface area contributed by atoms with E-state index < -0.39 is 0 Å². The maximum atomic E-state index is 14.5. The van der Waals surface area contributed by atoms with E-state index in [0.29, 0.717) is 21.8 Å². The van der Waals surface area contributed by atoms with E-state index in [1.165, 1.54) is 25.7 Å². The molecule has 1 aliphatic heterocycles. The first-order valence-electron chi connectivity index (χ1n) is 6.87. The van der Waals surface area contributed by atoms with Crippen molar-refractivity contribution in [3.8, 4) is 6.07 Å². The van der Waals surface area contributed by atoms with E-state index >= 15 is 0 Å². The molecule has 0 bridgehead atoms. The molecule has 1 heterocycles. The fourth-order valence-corrected chi connectivity index (χ4v) is 4.02. The van der Waals surface area contributed by atoms with Crippen molar-refractivity contribution >= 4 is 21.6 Å². The van der Waals surface area contributed by atoms with E-state index in [1.807, 2.05) is 6.07 Å². The SMILES string of the molecule is N#Cc1ccc(N2CCCC3CCCC32)c(F)c1Br. The van der Waals surface area contributed by atoms with Gasteiger partial charge in [0.25, 0.3) is 0 Å². The smallest absolute Gasteiger partial charge is 0.161 e. The minimum Gasteiger partial charge on any atom is -0.366 e.